The minimum Gasteiger partial charge on any atom is -0.480 e. The molecule has 0 fully saturated rings. The van der Waals surface area contributed by atoms with Crippen molar-refractivity contribution in [2.24, 2.45) is 0 Å². The molecule has 1 heterocycles. The van der Waals surface area contributed by atoms with Crippen molar-refractivity contribution in [3.8, 4) is 0 Å². The summed E-state index contributed by atoms with van der Waals surface area (Å²) < 4.78 is 37.7. The summed E-state index contributed by atoms with van der Waals surface area (Å²) in [5.41, 5.74) is 2.42. The van der Waals surface area contributed by atoms with E-state index in [0.29, 0.717) is 21.2 Å². The summed E-state index contributed by atoms with van der Waals surface area (Å²) in [5.74, 6) is -1.09. The normalized spacial score (nSPS) is 15.1. The molecule has 11 heteroatoms. The molecule has 0 spiro atoms. The van der Waals surface area contributed by atoms with Gasteiger partial charge in [0.15, 0.2) is 9.84 Å². The molecule has 7 nitrogen and oxygen atoms in total. The maximum Gasteiger partial charge on any atom is 0.321 e. The SMILES string of the molecule is CC(c1cc(Cl)c(CN[C@@H](Cc2cccc(S(C)(=O)=O)c2)C(=O)O)c(Cl)c1)P(C)(=O)c1ccc2[nH]ccc2c1. The number of hydrogen-bond donors (Lipinski definition) is 3. The monoisotopic (exact) mass is 606 g/mol. The molecule has 1 aromatic heterocycles. The number of carboxylic acid groups (broad SMARTS) is 1. The van der Waals surface area contributed by atoms with Crippen molar-refractivity contribution in [3.63, 3.8) is 0 Å². The van der Waals surface area contributed by atoms with E-state index in [1.165, 1.54) is 12.1 Å². The molecule has 0 saturated heterocycles. The van der Waals surface area contributed by atoms with Gasteiger partial charge in [-0.3, -0.25) is 10.1 Å². The van der Waals surface area contributed by atoms with E-state index in [1.807, 2.05) is 37.4 Å². The summed E-state index contributed by atoms with van der Waals surface area (Å²) in [6, 6.07) is 16.3. The number of aliphatic carboxylic acids is 1. The van der Waals surface area contributed by atoms with Crippen LogP contribution in [0, 0.1) is 0 Å². The topological polar surface area (TPSA) is 116 Å². The Morgan fingerprint density at radius 3 is 2.41 bits per heavy atom. The number of rotatable bonds is 10. The fourth-order valence-corrected chi connectivity index (χ4v) is 7.73. The molecule has 0 aliphatic carbocycles. The van der Waals surface area contributed by atoms with Crippen LogP contribution in [-0.2, 0) is 32.2 Å². The third kappa shape index (κ3) is 6.59. The standard InChI is InChI=1S/C28H29Cl2N2O5PS/c1-17(38(2,35)21-7-8-26-19(13-21)9-10-31-26)20-14-24(29)23(25(30)15-20)16-32-27(28(33)34)12-18-5-4-6-22(11-18)39(3,36)37/h4-11,13-15,17,27,31-32H,12,16H2,1-3H3,(H,33,34)/t17?,27-,38?/m0/s1. The fourth-order valence-electron chi connectivity index (χ4n) is 4.47. The maximum absolute atomic E-state index is 13.9. The summed E-state index contributed by atoms with van der Waals surface area (Å²) >= 11 is 13.2. The van der Waals surface area contributed by atoms with E-state index < -0.39 is 29.0 Å². The lowest BCUT2D eigenvalue weighted by Crippen LogP contribution is -2.38. The maximum atomic E-state index is 13.9. The Morgan fingerprint density at radius 1 is 1.08 bits per heavy atom. The zero-order valence-electron chi connectivity index (χ0n) is 21.6. The van der Waals surface area contributed by atoms with Gasteiger partial charge < -0.3 is 14.7 Å². The largest absolute Gasteiger partial charge is 0.480 e. The first-order valence-corrected chi connectivity index (χ1v) is 17.0. The van der Waals surface area contributed by atoms with Crippen LogP contribution in [0.1, 0.15) is 29.3 Å². The number of carboxylic acids is 1. The predicted molar refractivity (Wildman–Crippen MR) is 158 cm³/mol. The molecule has 3 aromatic carbocycles. The number of carbonyl (C=O) groups is 1. The first kappa shape index (κ1) is 29.4. The minimum atomic E-state index is -3.42. The summed E-state index contributed by atoms with van der Waals surface area (Å²) in [4.78, 5) is 15.2. The Labute approximate surface area is 237 Å². The molecular weight excluding hydrogens is 578 g/mol. The molecule has 39 heavy (non-hydrogen) atoms. The summed E-state index contributed by atoms with van der Waals surface area (Å²) in [6.07, 6.45) is 3.01. The molecule has 0 bridgehead atoms. The number of nitrogens with one attached hydrogen (secondary N) is 2. The van der Waals surface area contributed by atoms with Gasteiger partial charge in [0.2, 0.25) is 0 Å². The minimum absolute atomic E-state index is 0.0630. The molecule has 0 aliphatic rings. The van der Waals surface area contributed by atoms with Gasteiger partial charge in [0.1, 0.15) is 13.2 Å². The molecule has 0 saturated carbocycles. The molecule has 0 aliphatic heterocycles. The average molecular weight is 607 g/mol. The van der Waals surface area contributed by atoms with E-state index in [9.17, 15) is 22.9 Å². The van der Waals surface area contributed by atoms with Gasteiger partial charge >= 0.3 is 5.97 Å². The highest BCUT2D eigenvalue weighted by atomic mass is 35.5. The number of halogens is 2. The van der Waals surface area contributed by atoms with Gasteiger partial charge in [-0.2, -0.15) is 0 Å². The summed E-state index contributed by atoms with van der Waals surface area (Å²) in [5, 5.41) is 15.1. The van der Waals surface area contributed by atoms with Crippen molar-refractivity contribution in [3.05, 3.63) is 93.6 Å². The van der Waals surface area contributed by atoms with E-state index in [4.69, 9.17) is 23.2 Å². The lowest BCUT2D eigenvalue weighted by Gasteiger charge is -2.23. The molecule has 0 radical (unpaired) electrons. The molecular formula is C28H29Cl2N2O5PS. The van der Waals surface area contributed by atoms with Gasteiger partial charge in [-0.15, -0.1) is 0 Å². The Balaban J connectivity index is 1.52. The Kier molecular flexibility index (Phi) is 8.64. The molecule has 2 unspecified atom stereocenters. The second-order valence-electron chi connectivity index (χ2n) is 9.77. The number of benzene rings is 3. The van der Waals surface area contributed by atoms with Gasteiger partial charge in [-0.25, -0.2) is 8.42 Å². The van der Waals surface area contributed by atoms with Crippen LogP contribution in [0.3, 0.4) is 0 Å². The number of H-pyrrole nitrogens is 1. The molecule has 0 amide bonds. The highest BCUT2D eigenvalue weighted by molar-refractivity contribution is 7.90. The summed E-state index contributed by atoms with van der Waals surface area (Å²) in [7, 11) is -6.28. The molecule has 4 aromatic rings. The van der Waals surface area contributed by atoms with Crippen molar-refractivity contribution in [2.45, 2.75) is 36.5 Å². The van der Waals surface area contributed by atoms with Crippen LogP contribution < -0.4 is 10.6 Å². The van der Waals surface area contributed by atoms with Crippen molar-refractivity contribution in [1.29, 1.82) is 0 Å². The van der Waals surface area contributed by atoms with Gasteiger partial charge in [-0.05, 0) is 72.7 Å². The lowest BCUT2D eigenvalue weighted by molar-refractivity contribution is -0.139. The van der Waals surface area contributed by atoms with Crippen LogP contribution >= 0.6 is 30.3 Å². The predicted octanol–water partition coefficient (Wildman–Crippen LogP) is 6.04. The van der Waals surface area contributed by atoms with Crippen LogP contribution in [0.4, 0.5) is 0 Å². The van der Waals surface area contributed by atoms with Crippen LogP contribution in [0.5, 0.6) is 0 Å². The number of fused-ring (bicyclic) bond motifs is 1. The second-order valence-corrected chi connectivity index (χ2v) is 15.9. The first-order chi connectivity index (χ1) is 18.3. The van der Waals surface area contributed by atoms with Gasteiger partial charge in [0.25, 0.3) is 0 Å². The fraction of sp³-hybridized carbons (Fsp3) is 0.250. The van der Waals surface area contributed by atoms with Crippen molar-refractivity contribution in [1.82, 2.24) is 10.3 Å². The Morgan fingerprint density at radius 2 is 1.77 bits per heavy atom. The van der Waals surface area contributed by atoms with Gasteiger partial charge in [0, 0.05) is 56.5 Å². The Hall–Kier alpha value is -2.61. The van der Waals surface area contributed by atoms with E-state index in [1.54, 1.807) is 30.9 Å². The van der Waals surface area contributed by atoms with Crippen molar-refractivity contribution >= 4 is 62.4 Å². The molecule has 3 N–H and O–H groups in total. The van der Waals surface area contributed by atoms with E-state index in [2.05, 4.69) is 10.3 Å². The van der Waals surface area contributed by atoms with Crippen LogP contribution in [0.15, 0.2) is 71.8 Å². The molecule has 206 valence electrons. The zero-order valence-corrected chi connectivity index (χ0v) is 24.8. The second kappa shape index (κ2) is 11.5. The number of aromatic amines is 1. The van der Waals surface area contributed by atoms with Crippen molar-refractivity contribution in [2.75, 3.05) is 12.9 Å². The first-order valence-electron chi connectivity index (χ1n) is 12.2. The number of hydrogen-bond acceptors (Lipinski definition) is 5. The van der Waals surface area contributed by atoms with Crippen LogP contribution in [0.25, 0.3) is 10.9 Å². The zero-order chi connectivity index (χ0) is 28.5. The van der Waals surface area contributed by atoms with Crippen LogP contribution in [0.2, 0.25) is 10.0 Å². The van der Waals surface area contributed by atoms with E-state index in [-0.39, 0.29) is 23.5 Å². The third-order valence-corrected chi connectivity index (χ3v) is 11.9. The Bertz CT molecular complexity index is 1680. The quantitative estimate of drug-likeness (QED) is 0.189. The molecule has 3 atom stereocenters. The van der Waals surface area contributed by atoms with Gasteiger partial charge in [-0.1, -0.05) is 42.3 Å². The third-order valence-electron chi connectivity index (χ3n) is 7.02. The van der Waals surface area contributed by atoms with Crippen molar-refractivity contribution < 1.29 is 22.9 Å². The highest BCUT2D eigenvalue weighted by Crippen LogP contribution is 2.55. The summed E-state index contributed by atoms with van der Waals surface area (Å²) in [6.45, 7) is 3.70. The molecule has 4 rings (SSSR count). The van der Waals surface area contributed by atoms with Crippen LogP contribution in [-0.4, -0.2) is 43.4 Å². The lowest BCUT2D eigenvalue weighted by atomic mass is 10.0. The average Bonchev–Trinajstić information content (AvgIpc) is 3.34. The highest BCUT2D eigenvalue weighted by Gasteiger charge is 2.29. The van der Waals surface area contributed by atoms with Gasteiger partial charge in [0.05, 0.1) is 4.90 Å². The number of sulfone groups is 1. The number of aromatic nitrogens is 1. The van der Waals surface area contributed by atoms with E-state index in [0.717, 1.165) is 28.0 Å². The smallest absolute Gasteiger partial charge is 0.321 e. The van der Waals surface area contributed by atoms with E-state index >= 15 is 0 Å².